The Morgan fingerprint density at radius 3 is 2.62 bits per heavy atom. The van der Waals surface area contributed by atoms with E-state index in [1.165, 1.54) is 0 Å². The minimum absolute atomic E-state index is 0.104. The average Bonchev–Trinajstić information content (AvgIpc) is 2.43. The molecule has 0 amide bonds. The van der Waals surface area contributed by atoms with E-state index in [0.717, 1.165) is 5.56 Å². The molecule has 21 heavy (non-hydrogen) atoms. The molecule has 1 aromatic carbocycles. The van der Waals surface area contributed by atoms with Gasteiger partial charge >= 0.3 is 5.97 Å². The Hall–Kier alpha value is -1.43. The highest BCUT2D eigenvalue weighted by Gasteiger charge is 2.12. The first-order chi connectivity index (χ1) is 9.90. The van der Waals surface area contributed by atoms with Crippen LogP contribution in [0.4, 0.5) is 0 Å². The fourth-order valence-electron chi connectivity index (χ4n) is 2.07. The summed E-state index contributed by atoms with van der Waals surface area (Å²) in [5, 5.41) is 19.0. The maximum absolute atomic E-state index is 11.1. The summed E-state index contributed by atoms with van der Waals surface area (Å²) in [6.45, 7) is 5.36. The predicted octanol–water partition coefficient (Wildman–Crippen LogP) is 1.64. The van der Waals surface area contributed by atoms with E-state index in [0.29, 0.717) is 31.7 Å². The van der Waals surface area contributed by atoms with E-state index < -0.39 is 12.1 Å². The second-order valence-corrected chi connectivity index (χ2v) is 5.51. The number of benzene rings is 1. The summed E-state index contributed by atoms with van der Waals surface area (Å²) in [6.07, 6.45) is 0.205. The van der Waals surface area contributed by atoms with Crippen LogP contribution in [0.25, 0.3) is 0 Å². The molecule has 5 heteroatoms. The maximum atomic E-state index is 11.1. The molecule has 5 nitrogen and oxygen atoms in total. The van der Waals surface area contributed by atoms with Crippen molar-refractivity contribution in [2.75, 3.05) is 26.7 Å². The molecule has 1 aromatic rings. The van der Waals surface area contributed by atoms with E-state index in [-0.39, 0.29) is 6.10 Å². The predicted molar refractivity (Wildman–Crippen MR) is 81.7 cm³/mol. The number of aliphatic hydroxyl groups is 1. The van der Waals surface area contributed by atoms with Crippen LogP contribution < -0.4 is 0 Å². The summed E-state index contributed by atoms with van der Waals surface area (Å²) in [6, 6.07) is 7.01. The number of rotatable bonds is 9. The maximum Gasteiger partial charge on any atom is 0.335 e. The Balaban J connectivity index is 2.43. The third-order valence-electron chi connectivity index (χ3n) is 3.16. The molecular weight excluding hydrogens is 270 g/mol. The van der Waals surface area contributed by atoms with Gasteiger partial charge in [-0.25, -0.2) is 4.79 Å². The largest absolute Gasteiger partial charge is 0.478 e. The standard InChI is InChI=1S/C16H25NO4/c1-12(2)21-11-14(18)10-17(3)9-8-13-6-4-5-7-15(13)16(19)20/h4-7,12,14,18H,8-11H2,1-3H3,(H,19,20). The smallest absolute Gasteiger partial charge is 0.335 e. The first kappa shape index (κ1) is 17.6. The number of ether oxygens (including phenoxy) is 1. The molecule has 0 aromatic heterocycles. The van der Waals surface area contributed by atoms with Crippen LogP contribution in [0.15, 0.2) is 24.3 Å². The van der Waals surface area contributed by atoms with Crippen LogP contribution in [0.1, 0.15) is 29.8 Å². The molecule has 0 saturated heterocycles. The SMILES string of the molecule is CC(C)OCC(O)CN(C)CCc1ccccc1C(=O)O. The third kappa shape index (κ3) is 6.71. The molecule has 0 heterocycles. The van der Waals surface area contributed by atoms with Crippen molar-refractivity contribution in [3.63, 3.8) is 0 Å². The molecule has 0 aliphatic heterocycles. The van der Waals surface area contributed by atoms with Gasteiger partial charge in [-0.15, -0.1) is 0 Å². The van der Waals surface area contributed by atoms with Crippen LogP contribution in [-0.4, -0.2) is 60.0 Å². The fourth-order valence-corrected chi connectivity index (χ4v) is 2.07. The van der Waals surface area contributed by atoms with Gasteiger partial charge in [0.2, 0.25) is 0 Å². The van der Waals surface area contributed by atoms with Crippen LogP contribution >= 0.6 is 0 Å². The van der Waals surface area contributed by atoms with Gasteiger partial charge in [-0.05, 0) is 38.9 Å². The van der Waals surface area contributed by atoms with Crippen molar-refractivity contribution in [2.24, 2.45) is 0 Å². The van der Waals surface area contributed by atoms with Crippen LogP contribution in [-0.2, 0) is 11.2 Å². The average molecular weight is 295 g/mol. The monoisotopic (exact) mass is 295 g/mol. The first-order valence-electron chi connectivity index (χ1n) is 7.19. The van der Waals surface area contributed by atoms with E-state index in [1.807, 2.05) is 37.9 Å². The fraction of sp³-hybridized carbons (Fsp3) is 0.562. The summed E-state index contributed by atoms with van der Waals surface area (Å²) < 4.78 is 5.36. The lowest BCUT2D eigenvalue weighted by Gasteiger charge is -2.21. The summed E-state index contributed by atoms with van der Waals surface area (Å²) in [5.41, 5.74) is 1.15. The lowest BCUT2D eigenvalue weighted by Crippen LogP contribution is -2.34. The summed E-state index contributed by atoms with van der Waals surface area (Å²) in [7, 11) is 1.90. The zero-order valence-corrected chi connectivity index (χ0v) is 13.0. The number of aliphatic hydroxyl groups excluding tert-OH is 1. The Morgan fingerprint density at radius 2 is 2.00 bits per heavy atom. The molecule has 0 aliphatic carbocycles. The number of nitrogens with zero attached hydrogens (tertiary/aromatic N) is 1. The van der Waals surface area contributed by atoms with E-state index >= 15 is 0 Å². The van der Waals surface area contributed by atoms with Gasteiger partial charge in [0.05, 0.1) is 24.4 Å². The van der Waals surface area contributed by atoms with Gasteiger partial charge in [0.25, 0.3) is 0 Å². The highest BCUT2D eigenvalue weighted by Crippen LogP contribution is 2.10. The molecule has 0 fully saturated rings. The van der Waals surface area contributed by atoms with Crippen molar-refractivity contribution in [3.8, 4) is 0 Å². The third-order valence-corrected chi connectivity index (χ3v) is 3.16. The minimum atomic E-state index is -0.904. The first-order valence-corrected chi connectivity index (χ1v) is 7.19. The normalized spacial score (nSPS) is 12.9. The van der Waals surface area contributed by atoms with E-state index in [1.54, 1.807) is 12.1 Å². The number of carbonyl (C=O) groups is 1. The van der Waals surface area contributed by atoms with Crippen molar-refractivity contribution < 1.29 is 19.7 Å². The Labute approximate surface area is 126 Å². The number of likely N-dealkylation sites (N-methyl/N-ethyl adjacent to an activating group) is 1. The van der Waals surface area contributed by atoms with Crippen LogP contribution in [0.2, 0.25) is 0 Å². The molecule has 0 spiro atoms. The van der Waals surface area contributed by atoms with Gasteiger partial charge in [0.1, 0.15) is 0 Å². The number of aromatic carboxylic acids is 1. The van der Waals surface area contributed by atoms with Crippen molar-refractivity contribution in [2.45, 2.75) is 32.5 Å². The summed E-state index contributed by atoms with van der Waals surface area (Å²) in [5.74, 6) is -0.904. The molecule has 118 valence electrons. The zero-order chi connectivity index (χ0) is 15.8. The molecule has 1 rings (SSSR count). The molecule has 0 aliphatic rings. The van der Waals surface area contributed by atoms with Gasteiger partial charge in [-0.3, -0.25) is 0 Å². The van der Waals surface area contributed by atoms with Crippen LogP contribution in [0.3, 0.4) is 0 Å². The van der Waals surface area contributed by atoms with E-state index in [2.05, 4.69) is 0 Å². The van der Waals surface area contributed by atoms with Crippen molar-refractivity contribution in [1.82, 2.24) is 4.90 Å². The molecule has 1 unspecified atom stereocenters. The molecule has 0 radical (unpaired) electrons. The summed E-state index contributed by atoms with van der Waals surface area (Å²) >= 11 is 0. The Kier molecular flexibility index (Phi) is 7.36. The molecule has 2 N–H and O–H groups in total. The highest BCUT2D eigenvalue weighted by atomic mass is 16.5. The van der Waals surface area contributed by atoms with E-state index in [4.69, 9.17) is 9.84 Å². The van der Waals surface area contributed by atoms with Gasteiger partial charge in [-0.1, -0.05) is 18.2 Å². The van der Waals surface area contributed by atoms with Gasteiger partial charge in [0, 0.05) is 13.1 Å². The summed E-state index contributed by atoms with van der Waals surface area (Å²) in [4.78, 5) is 13.1. The molecule has 0 saturated carbocycles. The lowest BCUT2D eigenvalue weighted by molar-refractivity contribution is -0.00542. The highest BCUT2D eigenvalue weighted by molar-refractivity contribution is 5.89. The molecule has 1 atom stereocenters. The van der Waals surface area contributed by atoms with Gasteiger partial charge < -0.3 is 19.8 Å². The van der Waals surface area contributed by atoms with Gasteiger partial charge in [0.15, 0.2) is 0 Å². The Bertz CT molecular complexity index is 448. The minimum Gasteiger partial charge on any atom is -0.478 e. The lowest BCUT2D eigenvalue weighted by atomic mass is 10.0. The van der Waals surface area contributed by atoms with Crippen LogP contribution in [0.5, 0.6) is 0 Å². The zero-order valence-electron chi connectivity index (χ0n) is 13.0. The van der Waals surface area contributed by atoms with Crippen molar-refractivity contribution >= 4 is 5.97 Å². The van der Waals surface area contributed by atoms with E-state index in [9.17, 15) is 9.90 Å². The quantitative estimate of drug-likeness (QED) is 0.725. The number of carboxylic acids is 1. The number of hydrogen-bond donors (Lipinski definition) is 2. The molecule has 0 bridgehead atoms. The number of carboxylic acid groups (broad SMARTS) is 1. The topological polar surface area (TPSA) is 70.0 Å². The number of hydrogen-bond acceptors (Lipinski definition) is 4. The second kappa shape index (κ2) is 8.77. The van der Waals surface area contributed by atoms with Gasteiger partial charge in [-0.2, -0.15) is 0 Å². The molecular formula is C16H25NO4. The Morgan fingerprint density at radius 1 is 1.33 bits per heavy atom. The van der Waals surface area contributed by atoms with Crippen molar-refractivity contribution in [1.29, 1.82) is 0 Å². The van der Waals surface area contributed by atoms with Crippen molar-refractivity contribution in [3.05, 3.63) is 35.4 Å². The second-order valence-electron chi connectivity index (χ2n) is 5.51. The van der Waals surface area contributed by atoms with Crippen LogP contribution in [0, 0.1) is 0 Å².